The number of sulfonamides is 1. The molecule has 1 amide bonds. The topological polar surface area (TPSA) is 66.5 Å². The lowest BCUT2D eigenvalue weighted by Gasteiger charge is -2.22. The molecule has 0 aliphatic carbocycles. The second kappa shape index (κ2) is 10.1. The Morgan fingerprint density at radius 3 is 2.26 bits per heavy atom. The van der Waals surface area contributed by atoms with Gasteiger partial charge < -0.3 is 5.32 Å². The summed E-state index contributed by atoms with van der Waals surface area (Å²) in [4.78, 5) is 12.8. The summed E-state index contributed by atoms with van der Waals surface area (Å²) in [5, 5.41) is 3.35. The normalized spacial score (nSPS) is 11.5. The number of amides is 1. The SMILES string of the molecule is Cc1ccc(S(=O)(=O)N(CC(=O)Nc2ccc(Cl)cc2Cl)Cc2ccc(Br)cc2)cc1. The van der Waals surface area contributed by atoms with E-state index < -0.39 is 15.9 Å². The molecule has 5 nitrogen and oxygen atoms in total. The van der Waals surface area contributed by atoms with Crippen LogP contribution in [0.3, 0.4) is 0 Å². The van der Waals surface area contributed by atoms with E-state index in [2.05, 4.69) is 21.2 Å². The first-order valence-corrected chi connectivity index (χ1v) is 12.2. The van der Waals surface area contributed by atoms with Gasteiger partial charge in [-0.05, 0) is 55.0 Å². The number of nitrogens with zero attached hydrogens (tertiary/aromatic N) is 1. The molecule has 0 heterocycles. The summed E-state index contributed by atoms with van der Waals surface area (Å²) in [6.07, 6.45) is 0. The third-order valence-corrected chi connectivity index (χ3v) is 7.34. The molecule has 0 unspecified atom stereocenters. The van der Waals surface area contributed by atoms with Crippen molar-refractivity contribution in [1.29, 1.82) is 0 Å². The van der Waals surface area contributed by atoms with Gasteiger partial charge in [-0.25, -0.2) is 8.42 Å². The summed E-state index contributed by atoms with van der Waals surface area (Å²) in [7, 11) is -3.92. The Morgan fingerprint density at radius 2 is 1.65 bits per heavy atom. The standard InChI is InChI=1S/C22H19BrCl2N2O3S/c1-15-2-9-19(10-3-15)31(29,30)27(13-16-4-6-17(23)7-5-16)14-22(28)26-21-11-8-18(24)12-20(21)25/h2-12H,13-14H2,1H3,(H,26,28). The Morgan fingerprint density at radius 1 is 1.00 bits per heavy atom. The maximum atomic E-state index is 13.3. The summed E-state index contributed by atoms with van der Waals surface area (Å²) in [6, 6.07) is 18.4. The summed E-state index contributed by atoms with van der Waals surface area (Å²) in [6.45, 7) is 1.52. The van der Waals surface area contributed by atoms with Gasteiger partial charge in [-0.15, -0.1) is 0 Å². The molecule has 0 spiro atoms. The van der Waals surface area contributed by atoms with E-state index in [1.54, 1.807) is 36.4 Å². The van der Waals surface area contributed by atoms with Crippen LogP contribution >= 0.6 is 39.1 Å². The number of anilines is 1. The average Bonchev–Trinajstić information content (AvgIpc) is 2.71. The van der Waals surface area contributed by atoms with Crippen LogP contribution in [-0.2, 0) is 21.4 Å². The highest BCUT2D eigenvalue weighted by Crippen LogP contribution is 2.26. The molecular formula is C22H19BrCl2N2O3S. The van der Waals surface area contributed by atoms with Crippen molar-refractivity contribution >= 4 is 60.7 Å². The van der Waals surface area contributed by atoms with Crippen LogP contribution in [0.4, 0.5) is 5.69 Å². The summed E-state index contributed by atoms with van der Waals surface area (Å²) < 4.78 is 28.6. The Bertz CT molecular complexity index is 1180. The molecular weight excluding hydrogens is 523 g/mol. The molecule has 0 bridgehead atoms. The predicted octanol–water partition coefficient (Wildman–Crippen LogP) is 5.89. The fraction of sp³-hybridized carbons (Fsp3) is 0.136. The molecule has 0 aliphatic heterocycles. The van der Waals surface area contributed by atoms with Crippen LogP contribution in [0.5, 0.6) is 0 Å². The largest absolute Gasteiger partial charge is 0.324 e. The predicted molar refractivity (Wildman–Crippen MR) is 128 cm³/mol. The van der Waals surface area contributed by atoms with Gasteiger partial charge in [-0.3, -0.25) is 4.79 Å². The van der Waals surface area contributed by atoms with E-state index >= 15 is 0 Å². The van der Waals surface area contributed by atoms with Gasteiger partial charge in [0.15, 0.2) is 0 Å². The van der Waals surface area contributed by atoms with Crippen molar-refractivity contribution in [1.82, 2.24) is 4.31 Å². The van der Waals surface area contributed by atoms with Gasteiger partial charge in [0.1, 0.15) is 0 Å². The van der Waals surface area contributed by atoms with E-state index in [9.17, 15) is 13.2 Å². The zero-order valence-electron chi connectivity index (χ0n) is 16.5. The van der Waals surface area contributed by atoms with E-state index in [1.165, 1.54) is 18.2 Å². The Kier molecular flexibility index (Phi) is 7.78. The molecule has 3 rings (SSSR count). The molecule has 31 heavy (non-hydrogen) atoms. The number of aryl methyl sites for hydroxylation is 1. The van der Waals surface area contributed by atoms with E-state index in [1.807, 2.05) is 19.1 Å². The fourth-order valence-electron chi connectivity index (χ4n) is 2.82. The molecule has 3 aromatic rings. The van der Waals surface area contributed by atoms with E-state index in [0.717, 1.165) is 19.9 Å². The summed E-state index contributed by atoms with van der Waals surface area (Å²) >= 11 is 15.4. The van der Waals surface area contributed by atoms with Gasteiger partial charge >= 0.3 is 0 Å². The van der Waals surface area contributed by atoms with Crippen molar-refractivity contribution < 1.29 is 13.2 Å². The van der Waals surface area contributed by atoms with E-state index in [4.69, 9.17) is 23.2 Å². The Labute approximate surface area is 200 Å². The van der Waals surface area contributed by atoms with Crippen molar-refractivity contribution in [3.05, 3.63) is 92.4 Å². The zero-order chi connectivity index (χ0) is 22.6. The van der Waals surface area contributed by atoms with Crippen molar-refractivity contribution in [2.45, 2.75) is 18.4 Å². The summed E-state index contributed by atoms with van der Waals surface area (Å²) in [5.74, 6) is -0.517. The van der Waals surface area contributed by atoms with E-state index in [0.29, 0.717) is 10.7 Å². The smallest absolute Gasteiger partial charge is 0.243 e. The van der Waals surface area contributed by atoms with Crippen molar-refractivity contribution in [3.8, 4) is 0 Å². The van der Waals surface area contributed by atoms with Crippen LogP contribution in [0.1, 0.15) is 11.1 Å². The molecule has 0 atom stereocenters. The molecule has 0 fully saturated rings. The highest BCUT2D eigenvalue weighted by Gasteiger charge is 2.27. The van der Waals surface area contributed by atoms with Gasteiger partial charge in [0, 0.05) is 16.0 Å². The van der Waals surface area contributed by atoms with Crippen LogP contribution in [0.2, 0.25) is 10.0 Å². The fourth-order valence-corrected chi connectivity index (χ4v) is 4.92. The lowest BCUT2D eigenvalue weighted by molar-refractivity contribution is -0.116. The minimum Gasteiger partial charge on any atom is -0.324 e. The molecule has 3 aromatic carbocycles. The highest BCUT2D eigenvalue weighted by molar-refractivity contribution is 9.10. The minimum absolute atomic E-state index is 0.0330. The lowest BCUT2D eigenvalue weighted by Crippen LogP contribution is -2.37. The van der Waals surface area contributed by atoms with Gasteiger partial charge in [-0.1, -0.05) is 69.0 Å². The molecule has 0 aliphatic rings. The van der Waals surface area contributed by atoms with Gasteiger partial charge in [0.05, 0.1) is 22.2 Å². The zero-order valence-corrected chi connectivity index (χ0v) is 20.4. The van der Waals surface area contributed by atoms with Gasteiger partial charge in [0.25, 0.3) is 0 Å². The first-order chi connectivity index (χ1) is 14.6. The number of carbonyl (C=O) groups excluding carboxylic acids is 1. The van der Waals surface area contributed by atoms with Crippen LogP contribution in [0.25, 0.3) is 0 Å². The monoisotopic (exact) mass is 540 g/mol. The molecule has 162 valence electrons. The molecule has 0 aromatic heterocycles. The van der Waals surface area contributed by atoms with Crippen molar-refractivity contribution in [2.24, 2.45) is 0 Å². The Hall–Kier alpha value is -1.90. The maximum absolute atomic E-state index is 13.3. The average molecular weight is 542 g/mol. The van der Waals surface area contributed by atoms with Crippen LogP contribution in [-0.4, -0.2) is 25.2 Å². The van der Waals surface area contributed by atoms with Crippen LogP contribution < -0.4 is 5.32 Å². The third-order valence-electron chi connectivity index (χ3n) is 4.46. The number of halogens is 3. The number of hydrogen-bond donors (Lipinski definition) is 1. The van der Waals surface area contributed by atoms with E-state index in [-0.39, 0.29) is 23.0 Å². The second-order valence-electron chi connectivity index (χ2n) is 6.88. The maximum Gasteiger partial charge on any atom is 0.243 e. The van der Waals surface area contributed by atoms with Gasteiger partial charge in [0.2, 0.25) is 15.9 Å². The van der Waals surface area contributed by atoms with Crippen molar-refractivity contribution in [3.63, 3.8) is 0 Å². The van der Waals surface area contributed by atoms with Crippen molar-refractivity contribution in [2.75, 3.05) is 11.9 Å². The molecule has 0 saturated heterocycles. The van der Waals surface area contributed by atoms with Crippen LogP contribution in [0, 0.1) is 6.92 Å². The third kappa shape index (κ3) is 6.30. The molecule has 9 heteroatoms. The molecule has 0 radical (unpaired) electrons. The lowest BCUT2D eigenvalue weighted by atomic mass is 10.2. The summed E-state index contributed by atoms with van der Waals surface area (Å²) in [5.41, 5.74) is 2.04. The number of rotatable bonds is 7. The molecule has 1 N–H and O–H groups in total. The van der Waals surface area contributed by atoms with Gasteiger partial charge in [-0.2, -0.15) is 4.31 Å². The molecule has 0 saturated carbocycles. The first-order valence-electron chi connectivity index (χ1n) is 9.21. The number of carbonyl (C=O) groups is 1. The minimum atomic E-state index is -3.92. The van der Waals surface area contributed by atoms with Crippen LogP contribution in [0.15, 0.2) is 76.1 Å². The first kappa shape index (κ1) is 23.8. The highest BCUT2D eigenvalue weighted by atomic mass is 79.9. The number of benzene rings is 3. The second-order valence-corrected chi connectivity index (χ2v) is 10.6. The Balaban J connectivity index is 1.88. The quantitative estimate of drug-likeness (QED) is 0.405. The number of hydrogen-bond acceptors (Lipinski definition) is 3. The number of nitrogens with one attached hydrogen (secondary N) is 1.